The molecule has 0 aliphatic carbocycles. The molecule has 2 aromatic carbocycles. The number of aromatic nitrogens is 2. The Bertz CT molecular complexity index is 1140. The summed E-state index contributed by atoms with van der Waals surface area (Å²) in [5, 5.41) is 7.92. The molecule has 1 amide bonds. The van der Waals surface area contributed by atoms with Crippen LogP contribution in [0.2, 0.25) is 0 Å². The third kappa shape index (κ3) is 7.13. The van der Waals surface area contributed by atoms with Gasteiger partial charge in [-0.3, -0.25) is 9.48 Å². The van der Waals surface area contributed by atoms with Crippen molar-refractivity contribution in [3.05, 3.63) is 83.1 Å². The number of amides is 1. The van der Waals surface area contributed by atoms with E-state index in [1.807, 2.05) is 35.2 Å². The van der Waals surface area contributed by atoms with Crippen LogP contribution in [0.1, 0.15) is 28.7 Å². The Kier molecular flexibility index (Phi) is 8.50. The topological polar surface area (TPSA) is 53.4 Å². The minimum absolute atomic E-state index is 0.0646. The quantitative estimate of drug-likeness (QED) is 0.379. The highest BCUT2D eigenvalue weighted by molar-refractivity contribution is 5.92. The van der Waals surface area contributed by atoms with E-state index in [-0.39, 0.29) is 5.91 Å². The number of carbonyl (C=O) groups excluding carboxylic acids is 1. The summed E-state index contributed by atoms with van der Waals surface area (Å²) in [6.45, 7) is 11.1. The van der Waals surface area contributed by atoms with E-state index in [0.717, 1.165) is 56.0 Å². The van der Waals surface area contributed by atoms with Crippen LogP contribution in [0, 0.1) is 13.8 Å². The fraction of sp³-hybridized carbons (Fsp3) is 0.379. The predicted molar refractivity (Wildman–Crippen MR) is 143 cm³/mol. The van der Waals surface area contributed by atoms with E-state index in [2.05, 4.69) is 66.3 Å². The van der Waals surface area contributed by atoms with Gasteiger partial charge < -0.3 is 15.1 Å². The molecule has 4 rings (SSSR count). The first-order valence-electron chi connectivity index (χ1n) is 12.5. The Labute approximate surface area is 209 Å². The molecule has 1 saturated heterocycles. The Morgan fingerprint density at radius 3 is 2.54 bits per heavy atom. The van der Waals surface area contributed by atoms with Gasteiger partial charge in [-0.15, -0.1) is 0 Å². The van der Waals surface area contributed by atoms with E-state index < -0.39 is 0 Å². The van der Waals surface area contributed by atoms with Crippen molar-refractivity contribution in [3.63, 3.8) is 0 Å². The monoisotopic (exact) mass is 471 g/mol. The maximum absolute atomic E-state index is 12.5. The number of likely N-dealkylation sites (N-methyl/N-ethyl adjacent to an activating group) is 1. The van der Waals surface area contributed by atoms with Gasteiger partial charge in [-0.25, -0.2) is 0 Å². The molecule has 0 bridgehead atoms. The van der Waals surface area contributed by atoms with E-state index in [0.29, 0.717) is 13.1 Å². The van der Waals surface area contributed by atoms with Gasteiger partial charge in [0.15, 0.2) is 0 Å². The third-order valence-electron chi connectivity index (χ3n) is 6.72. The number of nitrogens with one attached hydrogen (secondary N) is 1. The number of benzene rings is 2. The molecule has 35 heavy (non-hydrogen) atoms. The van der Waals surface area contributed by atoms with E-state index in [1.165, 1.54) is 16.7 Å². The predicted octanol–water partition coefficient (Wildman–Crippen LogP) is 3.98. The molecule has 1 aliphatic heterocycles. The Morgan fingerprint density at radius 1 is 1.03 bits per heavy atom. The van der Waals surface area contributed by atoms with Crippen molar-refractivity contribution in [1.82, 2.24) is 24.9 Å². The zero-order valence-corrected chi connectivity index (χ0v) is 21.2. The average Bonchev–Trinajstić information content (AvgIpc) is 3.26. The lowest BCUT2D eigenvalue weighted by molar-refractivity contribution is -0.116. The van der Waals surface area contributed by atoms with Gasteiger partial charge >= 0.3 is 0 Å². The van der Waals surface area contributed by atoms with Gasteiger partial charge in [0.25, 0.3) is 0 Å². The van der Waals surface area contributed by atoms with Crippen LogP contribution in [0.4, 0.5) is 0 Å². The molecule has 0 atom stereocenters. The molecule has 1 aliphatic rings. The third-order valence-corrected chi connectivity index (χ3v) is 6.72. The normalized spacial score (nSPS) is 15.1. The summed E-state index contributed by atoms with van der Waals surface area (Å²) in [5.41, 5.74) is 6.57. The van der Waals surface area contributed by atoms with Crippen molar-refractivity contribution >= 4 is 12.0 Å². The summed E-state index contributed by atoms with van der Waals surface area (Å²) in [7, 11) is 2.17. The van der Waals surface area contributed by atoms with Crippen molar-refractivity contribution in [1.29, 1.82) is 0 Å². The molecule has 0 saturated carbocycles. The molecule has 0 radical (unpaired) electrons. The van der Waals surface area contributed by atoms with Gasteiger partial charge in [0.05, 0.1) is 12.2 Å². The summed E-state index contributed by atoms with van der Waals surface area (Å²) in [6.07, 6.45) is 6.50. The zero-order valence-electron chi connectivity index (χ0n) is 21.2. The molecule has 1 fully saturated rings. The van der Waals surface area contributed by atoms with Crippen LogP contribution in [0.3, 0.4) is 0 Å². The standard InChI is InChI=1S/C29H37N5O/c1-23-10-11-26(20-24(23)2)29-27(22-34(31-29)21-25-8-5-4-6-9-25)12-13-28(35)30-14-7-15-33-18-16-32(3)17-19-33/h4-6,8-13,20,22H,7,14-19,21H2,1-3H3,(H,30,35)/b13-12+. The van der Waals surface area contributed by atoms with Gasteiger partial charge in [-0.1, -0.05) is 42.5 Å². The molecule has 2 heterocycles. The van der Waals surface area contributed by atoms with Gasteiger partial charge in [0.1, 0.15) is 0 Å². The van der Waals surface area contributed by atoms with Gasteiger partial charge in [-0.05, 0) is 62.7 Å². The Hall–Kier alpha value is -3.22. The van der Waals surface area contributed by atoms with E-state index in [9.17, 15) is 4.79 Å². The Morgan fingerprint density at radius 2 is 1.80 bits per heavy atom. The minimum atomic E-state index is -0.0646. The van der Waals surface area contributed by atoms with Crippen LogP contribution in [0.5, 0.6) is 0 Å². The van der Waals surface area contributed by atoms with E-state index >= 15 is 0 Å². The maximum atomic E-state index is 12.5. The lowest BCUT2D eigenvalue weighted by Crippen LogP contribution is -2.45. The first-order chi connectivity index (χ1) is 17.0. The molecule has 3 aromatic rings. The van der Waals surface area contributed by atoms with Gasteiger partial charge in [-0.2, -0.15) is 5.10 Å². The molecule has 6 nitrogen and oxygen atoms in total. The van der Waals surface area contributed by atoms with Crippen molar-refractivity contribution in [2.75, 3.05) is 46.3 Å². The fourth-order valence-electron chi connectivity index (χ4n) is 4.33. The number of hydrogen-bond donors (Lipinski definition) is 1. The van der Waals surface area contributed by atoms with Crippen LogP contribution < -0.4 is 5.32 Å². The SMILES string of the molecule is Cc1ccc(-c2nn(Cc3ccccc3)cc2/C=C/C(=O)NCCCN2CCN(C)CC2)cc1C. The van der Waals surface area contributed by atoms with Crippen LogP contribution in [0.25, 0.3) is 17.3 Å². The number of piperazine rings is 1. The van der Waals surface area contributed by atoms with Crippen molar-refractivity contribution in [3.8, 4) is 11.3 Å². The lowest BCUT2D eigenvalue weighted by atomic mass is 10.0. The largest absolute Gasteiger partial charge is 0.353 e. The second-order valence-electron chi connectivity index (χ2n) is 9.54. The highest BCUT2D eigenvalue weighted by Crippen LogP contribution is 2.26. The summed E-state index contributed by atoms with van der Waals surface area (Å²) >= 11 is 0. The minimum Gasteiger partial charge on any atom is -0.353 e. The first-order valence-corrected chi connectivity index (χ1v) is 12.5. The molecule has 6 heteroatoms. The summed E-state index contributed by atoms with van der Waals surface area (Å²) in [5.74, 6) is -0.0646. The van der Waals surface area contributed by atoms with Crippen molar-refractivity contribution < 1.29 is 4.79 Å². The zero-order chi connectivity index (χ0) is 24.6. The van der Waals surface area contributed by atoms with Gasteiger partial charge in [0, 0.05) is 56.1 Å². The van der Waals surface area contributed by atoms with Crippen LogP contribution in [0.15, 0.2) is 60.8 Å². The van der Waals surface area contributed by atoms with E-state index in [4.69, 9.17) is 5.10 Å². The molecule has 0 spiro atoms. The van der Waals surface area contributed by atoms with Crippen molar-refractivity contribution in [2.45, 2.75) is 26.8 Å². The number of rotatable bonds is 9. The molecule has 184 valence electrons. The number of hydrogen-bond acceptors (Lipinski definition) is 4. The summed E-state index contributed by atoms with van der Waals surface area (Å²) in [6, 6.07) is 16.7. The lowest BCUT2D eigenvalue weighted by Gasteiger charge is -2.32. The average molecular weight is 472 g/mol. The summed E-state index contributed by atoms with van der Waals surface area (Å²) in [4.78, 5) is 17.3. The molecule has 1 N–H and O–H groups in total. The van der Waals surface area contributed by atoms with E-state index in [1.54, 1.807) is 6.08 Å². The van der Waals surface area contributed by atoms with Crippen molar-refractivity contribution in [2.24, 2.45) is 0 Å². The van der Waals surface area contributed by atoms with Crippen LogP contribution in [-0.2, 0) is 11.3 Å². The highest BCUT2D eigenvalue weighted by Gasteiger charge is 2.13. The van der Waals surface area contributed by atoms with Crippen LogP contribution in [-0.4, -0.2) is 71.8 Å². The smallest absolute Gasteiger partial charge is 0.244 e. The highest BCUT2D eigenvalue weighted by atomic mass is 16.1. The second kappa shape index (κ2) is 12.0. The number of aryl methyl sites for hydroxylation is 2. The molecule has 0 unspecified atom stereocenters. The van der Waals surface area contributed by atoms with Gasteiger partial charge in [0.2, 0.25) is 5.91 Å². The van der Waals surface area contributed by atoms with Crippen LogP contribution >= 0.6 is 0 Å². The summed E-state index contributed by atoms with van der Waals surface area (Å²) < 4.78 is 1.95. The maximum Gasteiger partial charge on any atom is 0.244 e. The molecular weight excluding hydrogens is 434 g/mol. The first kappa shape index (κ1) is 24.9. The fourth-order valence-corrected chi connectivity index (χ4v) is 4.33. The Balaban J connectivity index is 1.40. The second-order valence-corrected chi connectivity index (χ2v) is 9.54. The molecule has 1 aromatic heterocycles. The molecular formula is C29H37N5O. The number of carbonyl (C=O) groups is 1. The number of nitrogens with zero attached hydrogens (tertiary/aromatic N) is 4.